The van der Waals surface area contributed by atoms with Gasteiger partial charge in [0.1, 0.15) is 17.2 Å². The van der Waals surface area contributed by atoms with Crippen molar-refractivity contribution < 1.29 is 18.7 Å². The number of carbonyl (C=O) groups is 1. The lowest BCUT2D eigenvalue weighted by Gasteiger charge is -2.16. The van der Waals surface area contributed by atoms with Gasteiger partial charge in [0.2, 0.25) is 0 Å². The van der Waals surface area contributed by atoms with Crippen molar-refractivity contribution in [2.45, 2.75) is 64.7 Å². The number of allylic oxidation sites excluding steroid dienone is 4. The highest BCUT2D eigenvalue weighted by atomic mass is 19.1. The molecule has 2 rings (SSSR count). The summed E-state index contributed by atoms with van der Waals surface area (Å²) < 4.78 is 27.6. The highest BCUT2D eigenvalue weighted by molar-refractivity contribution is 5.89. The standard InChI is InChI=1S/C21H26F2O2/c1-2-3-4-5-6-7-8-15-9-11-16(12-10-15)17-13-18(22)20(21(24)25)19(23)14-17/h9,11,13-14H,2-8,10,12H2,1H3,(H,24,25). The zero-order valence-corrected chi connectivity index (χ0v) is 14.8. The third kappa shape index (κ3) is 5.52. The molecule has 0 saturated heterocycles. The SMILES string of the molecule is CCCCCCCCC1=CC=C(c2cc(F)c(C(=O)O)c(F)c2)CC1. The summed E-state index contributed by atoms with van der Waals surface area (Å²) in [5.41, 5.74) is 1.76. The van der Waals surface area contributed by atoms with Gasteiger partial charge in [-0.2, -0.15) is 0 Å². The predicted molar refractivity (Wildman–Crippen MR) is 96.6 cm³/mol. The molecule has 25 heavy (non-hydrogen) atoms. The third-order valence-electron chi connectivity index (χ3n) is 4.71. The van der Waals surface area contributed by atoms with Crippen LogP contribution in [0.5, 0.6) is 0 Å². The number of benzene rings is 1. The molecular weight excluding hydrogens is 322 g/mol. The summed E-state index contributed by atoms with van der Waals surface area (Å²) in [5, 5.41) is 8.83. The van der Waals surface area contributed by atoms with Gasteiger partial charge in [-0.1, -0.05) is 56.8 Å². The minimum atomic E-state index is -1.58. The predicted octanol–water partition coefficient (Wildman–Crippen LogP) is 6.52. The molecule has 1 aliphatic carbocycles. The molecule has 0 spiro atoms. The van der Waals surface area contributed by atoms with Crippen LogP contribution in [0, 0.1) is 11.6 Å². The summed E-state index contributed by atoms with van der Waals surface area (Å²) in [6.45, 7) is 2.21. The van der Waals surface area contributed by atoms with Crippen molar-refractivity contribution in [2.75, 3.05) is 0 Å². The maximum absolute atomic E-state index is 13.8. The maximum atomic E-state index is 13.8. The van der Waals surface area contributed by atoms with E-state index in [0.29, 0.717) is 5.56 Å². The van der Waals surface area contributed by atoms with E-state index >= 15 is 0 Å². The molecule has 1 aromatic carbocycles. The first-order valence-corrected chi connectivity index (χ1v) is 9.14. The van der Waals surface area contributed by atoms with E-state index in [1.54, 1.807) is 0 Å². The van der Waals surface area contributed by atoms with Gasteiger partial charge in [-0.15, -0.1) is 0 Å². The van der Waals surface area contributed by atoms with E-state index in [2.05, 4.69) is 6.92 Å². The molecule has 136 valence electrons. The fourth-order valence-corrected chi connectivity index (χ4v) is 3.22. The Morgan fingerprint density at radius 2 is 1.64 bits per heavy atom. The van der Waals surface area contributed by atoms with E-state index in [9.17, 15) is 13.6 Å². The molecule has 0 bridgehead atoms. The van der Waals surface area contributed by atoms with Crippen LogP contribution in [-0.2, 0) is 0 Å². The summed E-state index contributed by atoms with van der Waals surface area (Å²) in [5.74, 6) is -3.63. The van der Waals surface area contributed by atoms with Crippen LogP contribution in [-0.4, -0.2) is 11.1 Å². The summed E-state index contributed by atoms with van der Waals surface area (Å²) in [6.07, 6.45) is 14.3. The quantitative estimate of drug-likeness (QED) is 0.516. The normalized spacial score (nSPS) is 14.2. The number of hydrogen-bond acceptors (Lipinski definition) is 1. The number of carboxylic acid groups (broad SMARTS) is 1. The number of hydrogen-bond donors (Lipinski definition) is 1. The Hall–Kier alpha value is -1.97. The number of carboxylic acids is 1. The lowest BCUT2D eigenvalue weighted by Crippen LogP contribution is -2.06. The molecule has 0 saturated carbocycles. The van der Waals surface area contributed by atoms with Crippen molar-refractivity contribution in [1.29, 1.82) is 0 Å². The van der Waals surface area contributed by atoms with E-state index in [4.69, 9.17) is 5.11 Å². The van der Waals surface area contributed by atoms with Crippen LogP contribution in [0.25, 0.3) is 5.57 Å². The fraction of sp³-hybridized carbons (Fsp3) is 0.476. The van der Waals surface area contributed by atoms with Crippen LogP contribution in [0.2, 0.25) is 0 Å². The van der Waals surface area contributed by atoms with Gasteiger partial charge in [0.25, 0.3) is 0 Å². The van der Waals surface area contributed by atoms with Crippen LogP contribution >= 0.6 is 0 Å². The maximum Gasteiger partial charge on any atom is 0.341 e. The minimum Gasteiger partial charge on any atom is -0.477 e. The average Bonchev–Trinajstić information content (AvgIpc) is 2.57. The number of unbranched alkanes of at least 4 members (excludes halogenated alkanes) is 5. The Morgan fingerprint density at radius 1 is 1.00 bits per heavy atom. The molecule has 0 fully saturated rings. The molecule has 0 atom stereocenters. The second-order valence-electron chi connectivity index (χ2n) is 6.65. The molecule has 1 N–H and O–H groups in total. The van der Waals surface area contributed by atoms with E-state index in [0.717, 1.165) is 37.0 Å². The molecule has 2 nitrogen and oxygen atoms in total. The summed E-state index contributed by atoms with van der Waals surface area (Å²) in [6, 6.07) is 2.23. The summed E-state index contributed by atoms with van der Waals surface area (Å²) >= 11 is 0. The molecule has 1 aromatic rings. The smallest absolute Gasteiger partial charge is 0.341 e. The fourth-order valence-electron chi connectivity index (χ4n) is 3.22. The van der Waals surface area contributed by atoms with Crippen molar-refractivity contribution in [3.8, 4) is 0 Å². The van der Waals surface area contributed by atoms with Gasteiger partial charge in [0, 0.05) is 0 Å². The van der Waals surface area contributed by atoms with E-state index in [-0.39, 0.29) is 0 Å². The van der Waals surface area contributed by atoms with Gasteiger partial charge in [-0.05, 0) is 49.0 Å². The Morgan fingerprint density at radius 3 is 2.20 bits per heavy atom. The molecule has 0 radical (unpaired) electrons. The molecule has 0 unspecified atom stereocenters. The van der Waals surface area contributed by atoms with Crippen molar-refractivity contribution in [3.63, 3.8) is 0 Å². The minimum absolute atomic E-state index is 0.426. The topological polar surface area (TPSA) is 37.3 Å². The van der Waals surface area contributed by atoms with Gasteiger partial charge in [0.05, 0.1) is 0 Å². The number of aromatic carboxylic acids is 1. The van der Waals surface area contributed by atoms with Gasteiger partial charge in [-0.3, -0.25) is 0 Å². The molecule has 0 heterocycles. The summed E-state index contributed by atoms with van der Waals surface area (Å²) in [7, 11) is 0. The van der Waals surface area contributed by atoms with Gasteiger partial charge in [-0.25, -0.2) is 13.6 Å². The highest BCUT2D eigenvalue weighted by Gasteiger charge is 2.19. The van der Waals surface area contributed by atoms with Gasteiger partial charge in [0.15, 0.2) is 0 Å². The van der Waals surface area contributed by atoms with Crippen molar-refractivity contribution in [3.05, 3.63) is 52.6 Å². The van der Waals surface area contributed by atoms with Crippen LogP contribution in [0.1, 0.15) is 80.6 Å². The van der Waals surface area contributed by atoms with E-state index < -0.39 is 23.2 Å². The Bertz CT molecular complexity index is 651. The molecule has 1 aliphatic rings. The lowest BCUT2D eigenvalue weighted by atomic mass is 9.90. The highest BCUT2D eigenvalue weighted by Crippen LogP contribution is 2.30. The molecule has 4 heteroatoms. The van der Waals surface area contributed by atoms with Gasteiger partial charge >= 0.3 is 5.97 Å². The van der Waals surface area contributed by atoms with Crippen molar-refractivity contribution in [2.24, 2.45) is 0 Å². The lowest BCUT2D eigenvalue weighted by molar-refractivity contribution is 0.0686. The van der Waals surface area contributed by atoms with E-state index in [1.165, 1.54) is 44.1 Å². The first-order chi connectivity index (χ1) is 12.0. The Kier molecular flexibility index (Phi) is 7.35. The van der Waals surface area contributed by atoms with Crippen LogP contribution in [0.3, 0.4) is 0 Å². The zero-order chi connectivity index (χ0) is 18.2. The van der Waals surface area contributed by atoms with E-state index in [1.807, 2.05) is 12.2 Å². The molecular formula is C21H26F2O2. The largest absolute Gasteiger partial charge is 0.477 e. The monoisotopic (exact) mass is 348 g/mol. The van der Waals surface area contributed by atoms with Crippen molar-refractivity contribution in [1.82, 2.24) is 0 Å². The second kappa shape index (κ2) is 9.50. The second-order valence-corrected chi connectivity index (χ2v) is 6.65. The Labute approximate surface area is 148 Å². The van der Waals surface area contributed by atoms with Crippen LogP contribution in [0.4, 0.5) is 8.78 Å². The van der Waals surface area contributed by atoms with Crippen LogP contribution in [0.15, 0.2) is 29.9 Å². The zero-order valence-electron chi connectivity index (χ0n) is 14.8. The molecule has 0 amide bonds. The molecule has 0 aromatic heterocycles. The van der Waals surface area contributed by atoms with Gasteiger partial charge < -0.3 is 5.11 Å². The van der Waals surface area contributed by atoms with Crippen molar-refractivity contribution >= 4 is 11.5 Å². The first kappa shape index (κ1) is 19.4. The number of halogens is 2. The first-order valence-electron chi connectivity index (χ1n) is 9.14. The summed E-state index contributed by atoms with van der Waals surface area (Å²) in [4.78, 5) is 10.9. The third-order valence-corrected chi connectivity index (χ3v) is 4.71. The molecule has 0 aliphatic heterocycles. The van der Waals surface area contributed by atoms with Crippen LogP contribution < -0.4 is 0 Å². The average molecular weight is 348 g/mol. The Balaban J connectivity index is 1.95. The number of rotatable bonds is 9.